The first-order valence-corrected chi connectivity index (χ1v) is 9.21. The Bertz CT molecular complexity index is 654. The molecule has 1 aliphatic rings. The van der Waals surface area contributed by atoms with Gasteiger partial charge in [-0.1, -0.05) is 39.8 Å². The van der Waals surface area contributed by atoms with Crippen molar-refractivity contribution in [2.45, 2.75) is 47.0 Å². The molecule has 1 aromatic rings. The summed E-state index contributed by atoms with van der Waals surface area (Å²) in [5, 5.41) is 0. The molecule has 0 saturated carbocycles. The van der Waals surface area contributed by atoms with E-state index >= 15 is 0 Å². The van der Waals surface area contributed by atoms with Crippen LogP contribution in [0.5, 0.6) is 0 Å². The minimum Gasteiger partial charge on any atom is -0.342 e. The van der Waals surface area contributed by atoms with Crippen LogP contribution in [0.4, 0.5) is 0 Å². The molecular formula is C20H29N3O3. The molecule has 1 saturated heterocycles. The van der Waals surface area contributed by atoms with Gasteiger partial charge in [-0.3, -0.25) is 25.2 Å². The van der Waals surface area contributed by atoms with Gasteiger partial charge in [0.05, 0.1) is 0 Å². The van der Waals surface area contributed by atoms with Crippen molar-refractivity contribution in [3.05, 3.63) is 35.4 Å². The lowest BCUT2D eigenvalue weighted by Gasteiger charge is -2.35. The van der Waals surface area contributed by atoms with Gasteiger partial charge < -0.3 is 4.90 Å². The van der Waals surface area contributed by atoms with E-state index in [2.05, 4.69) is 17.8 Å². The topological polar surface area (TPSA) is 78.5 Å². The summed E-state index contributed by atoms with van der Waals surface area (Å²) in [4.78, 5) is 38.5. The van der Waals surface area contributed by atoms with Gasteiger partial charge in [0.1, 0.15) is 0 Å². The third-order valence-corrected chi connectivity index (χ3v) is 4.72. The number of carbonyl (C=O) groups excluding carboxylic acids is 3. The molecule has 0 unspecified atom stereocenters. The molecular weight excluding hydrogens is 330 g/mol. The Hall–Kier alpha value is -2.37. The fourth-order valence-corrected chi connectivity index (χ4v) is 3.00. The van der Waals surface area contributed by atoms with Crippen molar-refractivity contribution in [2.75, 3.05) is 13.1 Å². The van der Waals surface area contributed by atoms with Crippen molar-refractivity contribution in [1.82, 2.24) is 15.8 Å². The molecule has 1 aromatic carbocycles. The molecule has 0 radical (unpaired) electrons. The van der Waals surface area contributed by atoms with Gasteiger partial charge in [-0.2, -0.15) is 0 Å². The number of hydrogen-bond donors (Lipinski definition) is 2. The van der Waals surface area contributed by atoms with E-state index in [1.54, 1.807) is 12.1 Å². The quantitative estimate of drug-likeness (QED) is 0.813. The molecule has 6 nitrogen and oxygen atoms in total. The first kappa shape index (κ1) is 19.9. The fraction of sp³-hybridized carbons (Fsp3) is 0.550. The van der Waals surface area contributed by atoms with Gasteiger partial charge in [-0.05, 0) is 37.0 Å². The predicted octanol–water partition coefficient (Wildman–Crippen LogP) is 2.29. The lowest BCUT2D eigenvalue weighted by atomic mass is 9.91. The zero-order valence-electron chi connectivity index (χ0n) is 16.1. The smallest absolute Gasteiger partial charge is 0.269 e. The van der Waals surface area contributed by atoms with Gasteiger partial charge in [0.15, 0.2) is 0 Å². The van der Waals surface area contributed by atoms with Gasteiger partial charge in [-0.15, -0.1) is 0 Å². The monoisotopic (exact) mass is 359 g/mol. The minimum atomic E-state index is -0.406. The zero-order valence-corrected chi connectivity index (χ0v) is 16.1. The Morgan fingerprint density at radius 1 is 1.04 bits per heavy atom. The van der Waals surface area contributed by atoms with Gasteiger partial charge in [0.25, 0.3) is 5.91 Å². The van der Waals surface area contributed by atoms with Crippen LogP contribution in [0, 0.1) is 11.3 Å². The highest BCUT2D eigenvalue weighted by Crippen LogP contribution is 2.23. The Balaban J connectivity index is 1.80. The van der Waals surface area contributed by atoms with Crippen LogP contribution in [-0.4, -0.2) is 35.7 Å². The zero-order chi connectivity index (χ0) is 19.3. The molecule has 2 rings (SSSR count). The highest BCUT2D eigenvalue weighted by Gasteiger charge is 2.32. The van der Waals surface area contributed by atoms with Crippen LogP contribution in [0.2, 0.25) is 0 Å². The van der Waals surface area contributed by atoms with Crippen molar-refractivity contribution in [3.8, 4) is 0 Å². The lowest BCUT2D eigenvalue weighted by molar-refractivity contribution is -0.142. The third kappa shape index (κ3) is 5.07. The normalized spacial score (nSPS) is 15.5. The highest BCUT2D eigenvalue weighted by molar-refractivity contribution is 5.95. The van der Waals surface area contributed by atoms with Crippen molar-refractivity contribution in [2.24, 2.45) is 11.3 Å². The summed E-state index contributed by atoms with van der Waals surface area (Å²) in [5.74, 6) is -0.616. The number of nitrogens with zero attached hydrogens (tertiary/aromatic N) is 1. The van der Waals surface area contributed by atoms with Crippen LogP contribution in [0.25, 0.3) is 0 Å². The lowest BCUT2D eigenvalue weighted by Crippen LogP contribution is -2.49. The Morgan fingerprint density at radius 3 is 2.12 bits per heavy atom. The maximum Gasteiger partial charge on any atom is 0.269 e. The summed E-state index contributed by atoms with van der Waals surface area (Å²) in [5.41, 5.74) is 6.24. The summed E-state index contributed by atoms with van der Waals surface area (Å²) < 4.78 is 0. The molecule has 3 amide bonds. The number of nitrogens with one attached hydrogen (secondary N) is 2. The van der Waals surface area contributed by atoms with Gasteiger partial charge in [0, 0.05) is 30.0 Å². The Morgan fingerprint density at radius 2 is 1.62 bits per heavy atom. The number of aryl methyl sites for hydroxylation is 1. The van der Waals surface area contributed by atoms with E-state index < -0.39 is 5.41 Å². The maximum atomic E-state index is 12.3. The molecule has 1 fully saturated rings. The van der Waals surface area contributed by atoms with E-state index in [0.717, 1.165) is 12.0 Å². The number of carbonyl (C=O) groups is 3. The van der Waals surface area contributed by atoms with Crippen molar-refractivity contribution in [1.29, 1.82) is 0 Å². The second kappa shape index (κ2) is 8.34. The number of amides is 3. The second-order valence-corrected chi connectivity index (χ2v) is 7.81. The summed E-state index contributed by atoms with van der Waals surface area (Å²) in [6.45, 7) is 8.89. The number of hydrazine groups is 1. The number of rotatable bonds is 3. The van der Waals surface area contributed by atoms with Crippen LogP contribution >= 0.6 is 0 Å². The molecule has 0 atom stereocenters. The molecule has 1 heterocycles. The maximum absolute atomic E-state index is 12.3. The predicted molar refractivity (Wildman–Crippen MR) is 100 cm³/mol. The van der Waals surface area contributed by atoms with Crippen LogP contribution in [0.15, 0.2) is 24.3 Å². The number of piperidine rings is 1. The summed E-state index contributed by atoms with van der Waals surface area (Å²) in [6, 6.07) is 7.30. The van der Waals surface area contributed by atoms with Gasteiger partial charge in [-0.25, -0.2) is 0 Å². The number of hydrogen-bond acceptors (Lipinski definition) is 3. The van der Waals surface area contributed by atoms with E-state index in [0.29, 0.717) is 31.5 Å². The standard InChI is InChI=1S/C20H29N3O3/c1-5-14-6-8-15(9-7-14)17(24)21-22-18(25)16-10-12-23(13-11-16)19(26)20(2,3)4/h6-9,16H,5,10-13H2,1-4H3,(H,21,24)(H,22,25). The molecule has 1 aliphatic heterocycles. The summed E-state index contributed by atoms with van der Waals surface area (Å²) in [7, 11) is 0. The first-order chi connectivity index (χ1) is 12.2. The van der Waals surface area contributed by atoms with E-state index in [1.165, 1.54) is 0 Å². The summed E-state index contributed by atoms with van der Waals surface area (Å²) in [6.07, 6.45) is 2.12. The highest BCUT2D eigenvalue weighted by atomic mass is 16.2. The molecule has 142 valence electrons. The van der Waals surface area contributed by atoms with E-state index in [4.69, 9.17) is 0 Å². The first-order valence-electron chi connectivity index (χ1n) is 9.21. The van der Waals surface area contributed by atoms with Crippen LogP contribution in [0.1, 0.15) is 56.5 Å². The average Bonchev–Trinajstić information content (AvgIpc) is 2.64. The van der Waals surface area contributed by atoms with Gasteiger partial charge >= 0.3 is 0 Å². The molecule has 0 spiro atoms. The fourth-order valence-electron chi connectivity index (χ4n) is 3.00. The Labute approximate surface area is 155 Å². The van der Waals surface area contributed by atoms with Crippen LogP contribution in [-0.2, 0) is 16.0 Å². The number of likely N-dealkylation sites (tertiary alicyclic amines) is 1. The second-order valence-electron chi connectivity index (χ2n) is 7.81. The van der Waals surface area contributed by atoms with E-state index in [1.807, 2.05) is 37.8 Å². The minimum absolute atomic E-state index is 0.111. The van der Waals surface area contributed by atoms with Crippen LogP contribution in [0.3, 0.4) is 0 Å². The molecule has 26 heavy (non-hydrogen) atoms. The average molecular weight is 359 g/mol. The molecule has 2 N–H and O–H groups in total. The molecule has 0 aliphatic carbocycles. The van der Waals surface area contributed by atoms with E-state index in [-0.39, 0.29) is 23.6 Å². The third-order valence-electron chi connectivity index (χ3n) is 4.72. The SMILES string of the molecule is CCc1ccc(C(=O)NNC(=O)C2CCN(C(=O)C(C)(C)C)CC2)cc1. The largest absolute Gasteiger partial charge is 0.342 e. The number of benzene rings is 1. The molecule has 0 bridgehead atoms. The van der Waals surface area contributed by atoms with Crippen LogP contribution < -0.4 is 10.9 Å². The Kier molecular flexibility index (Phi) is 6.40. The molecule has 6 heteroatoms. The summed E-state index contributed by atoms with van der Waals surface area (Å²) >= 11 is 0. The van der Waals surface area contributed by atoms with Gasteiger partial charge in [0.2, 0.25) is 11.8 Å². The molecule has 0 aromatic heterocycles. The van der Waals surface area contributed by atoms with Crippen molar-refractivity contribution < 1.29 is 14.4 Å². The van der Waals surface area contributed by atoms with E-state index in [9.17, 15) is 14.4 Å². The van der Waals surface area contributed by atoms with Crippen molar-refractivity contribution >= 4 is 17.7 Å². The van der Waals surface area contributed by atoms with Crippen molar-refractivity contribution in [3.63, 3.8) is 0 Å².